The monoisotopic (exact) mass is 374 g/mol. The van der Waals surface area contributed by atoms with E-state index >= 15 is 0 Å². The number of carbonyl (C=O) groups excluding carboxylic acids is 1. The van der Waals surface area contributed by atoms with E-state index in [2.05, 4.69) is 10.2 Å². The summed E-state index contributed by atoms with van der Waals surface area (Å²) in [4.78, 5) is 15.1. The van der Waals surface area contributed by atoms with Gasteiger partial charge in [0, 0.05) is 23.8 Å². The highest BCUT2D eigenvalue weighted by Crippen LogP contribution is 2.31. The van der Waals surface area contributed by atoms with E-state index in [-0.39, 0.29) is 5.78 Å². The fraction of sp³-hybridized carbons (Fsp3) is 0.400. The van der Waals surface area contributed by atoms with Gasteiger partial charge >= 0.3 is 0 Å². The third-order valence-corrected chi connectivity index (χ3v) is 6.19. The average Bonchev–Trinajstić information content (AvgIpc) is 2.77. The Morgan fingerprint density at radius 3 is 2.57 bits per heavy atom. The van der Waals surface area contributed by atoms with Gasteiger partial charge in [-0.1, -0.05) is 42.8 Å². The largest absolute Gasteiger partial charge is 0.385 e. The van der Waals surface area contributed by atoms with Gasteiger partial charge in [-0.05, 0) is 80.6 Å². The van der Waals surface area contributed by atoms with Gasteiger partial charge in [0.1, 0.15) is 0 Å². The molecule has 3 nitrogen and oxygen atoms in total. The highest BCUT2D eigenvalue weighted by Gasteiger charge is 2.32. The molecule has 4 rings (SSSR count). The van der Waals surface area contributed by atoms with Gasteiger partial charge in [0.2, 0.25) is 0 Å². The standard InChI is InChI=1S/C25H30N2O/c28-25(16-11-20-7-2-1-3-8-20)21-12-14-23(15-13-21)26-19-22-9-6-18-27-17-5-4-10-24(22)27/h1-3,7-8,11-16,22,24,26H,4-6,9-10,17-19H2/b16-11+. The molecule has 2 atom stereocenters. The third kappa shape index (κ3) is 4.71. The number of carbonyl (C=O) groups is 1. The molecule has 0 aromatic heterocycles. The molecular formula is C25H30N2O. The van der Waals surface area contributed by atoms with Crippen molar-refractivity contribution < 1.29 is 4.79 Å². The number of fused-ring (bicyclic) bond motifs is 1. The highest BCUT2D eigenvalue weighted by atomic mass is 16.1. The van der Waals surface area contributed by atoms with E-state index in [1.54, 1.807) is 6.08 Å². The Kier molecular flexibility index (Phi) is 6.23. The Labute approximate surface area is 168 Å². The Balaban J connectivity index is 1.32. The van der Waals surface area contributed by atoms with Crippen LogP contribution in [0.5, 0.6) is 0 Å². The number of hydrogen-bond donors (Lipinski definition) is 1. The molecule has 28 heavy (non-hydrogen) atoms. The number of ketones is 1. The number of hydrogen-bond acceptors (Lipinski definition) is 3. The molecule has 2 saturated heterocycles. The molecule has 0 aliphatic carbocycles. The van der Waals surface area contributed by atoms with Crippen LogP contribution in [0.4, 0.5) is 5.69 Å². The van der Waals surface area contributed by atoms with Gasteiger partial charge in [0.05, 0.1) is 0 Å². The lowest BCUT2D eigenvalue weighted by molar-refractivity contribution is 0.0649. The van der Waals surface area contributed by atoms with Crippen molar-refractivity contribution in [3.8, 4) is 0 Å². The molecule has 146 valence electrons. The molecule has 0 radical (unpaired) electrons. The molecule has 0 bridgehead atoms. The summed E-state index contributed by atoms with van der Waals surface area (Å²) in [6.07, 6.45) is 10.3. The quantitative estimate of drug-likeness (QED) is 0.553. The van der Waals surface area contributed by atoms with Crippen molar-refractivity contribution in [1.82, 2.24) is 4.90 Å². The first-order valence-corrected chi connectivity index (χ1v) is 10.6. The van der Waals surface area contributed by atoms with Crippen LogP contribution in [0.1, 0.15) is 48.0 Å². The lowest BCUT2D eigenvalue weighted by atomic mass is 9.83. The van der Waals surface area contributed by atoms with Crippen LogP contribution in [0.15, 0.2) is 60.7 Å². The van der Waals surface area contributed by atoms with Gasteiger partial charge < -0.3 is 10.2 Å². The molecule has 3 heteroatoms. The maximum Gasteiger partial charge on any atom is 0.185 e. The summed E-state index contributed by atoms with van der Waals surface area (Å²) < 4.78 is 0. The molecule has 0 spiro atoms. The van der Waals surface area contributed by atoms with Crippen molar-refractivity contribution in [2.24, 2.45) is 5.92 Å². The second-order valence-electron chi connectivity index (χ2n) is 8.07. The van der Waals surface area contributed by atoms with Gasteiger partial charge in [0.25, 0.3) is 0 Å². The zero-order chi connectivity index (χ0) is 19.2. The molecule has 2 aliphatic rings. The van der Waals surface area contributed by atoms with Crippen LogP contribution in [0.25, 0.3) is 6.08 Å². The van der Waals surface area contributed by atoms with E-state index in [0.29, 0.717) is 0 Å². The lowest BCUT2D eigenvalue weighted by Gasteiger charge is -2.44. The Morgan fingerprint density at radius 2 is 1.75 bits per heavy atom. The first-order chi connectivity index (χ1) is 13.8. The fourth-order valence-corrected chi connectivity index (χ4v) is 4.65. The van der Waals surface area contributed by atoms with Gasteiger partial charge in [-0.15, -0.1) is 0 Å². The van der Waals surface area contributed by atoms with Crippen LogP contribution < -0.4 is 5.32 Å². The number of allylic oxidation sites excluding steroid dienone is 1. The molecule has 2 heterocycles. The number of rotatable bonds is 6. The third-order valence-electron chi connectivity index (χ3n) is 6.19. The second kappa shape index (κ2) is 9.20. The zero-order valence-corrected chi connectivity index (χ0v) is 16.5. The zero-order valence-electron chi connectivity index (χ0n) is 16.5. The van der Waals surface area contributed by atoms with E-state index in [4.69, 9.17) is 0 Å². The Hall–Kier alpha value is -2.39. The summed E-state index contributed by atoms with van der Waals surface area (Å²) in [5.41, 5.74) is 2.88. The summed E-state index contributed by atoms with van der Waals surface area (Å²) in [6, 6.07) is 18.6. The molecule has 2 aromatic rings. The van der Waals surface area contributed by atoms with Gasteiger partial charge in [0.15, 0.2) is 5.78 Å². The highest BCUT2D eigenvalue weighted by molar-refractivity contribution is 6.06. The Morgan fingerprint density at radius 1 is 0.964 bits per heavy atom. The summed E-state index contributed by atoms with van der Waals surface area (Å²) in [7, 11) is 0. The van der Waals surface area contributed by atoms with Crippen LogP contribution in [-0.2, 0) is 0 Å². The topological polar surface area (TPSA) is 32.3 Å². The van der Waals surface area contributed by atoms with Crippen molar-refractivity contribution >= 4 is 17.5 Å². The maximum atomic E-state index is 12.4. The van der Waals surface area contributed by atoms with Crippen molar-refractivity contribution in [3.05, 3.63) is 71.8 Å². The van der Waals surface area contributed by atoms with E-state index in [0.717, 1.165) is 35.3 Å². The number of benzene rings is 2. The summed E-state index contributed by atoms with van der Waals surface area (Å²) in [5, 5.41) is 3.62. The van der Waals surface area contributed by atoms with Crippen LogP contribution >= 0.6 is 0 Å². The molecular weight excluding hydrogens is 344 g/mol. The molecule has 2 aliphatic heterocycles. The first-order valence-electron chi connectivity index (χ1n) is 10.6. The summed E-state index contributed by atoms with van der Waals surface area (Å²) in [5.74, 6) is 0.782. The number of piperidine rings is 2. The smallest absolute Gasteiger partial charge is 0.185 e. The van der Waals surface area contributed by atoms with Crippen LogP contribution in [-0.4, -0.2) is 36.4 Å². The summed E-state index contributed by atoms with van der Waals surface area (Å²) >= 11 is 0. The molecule has 1 N–H and O–H groups in total. The molecule has 2 fully saturated rings. The maximum absolute atomic E-state index is 12.4. The van der Waals surface area contributed by atoms with E-state index in [1.807, 2.05) is 60.7 Å². The first kappa shape index (κ1) is 18.9. The minimum Gasteiger partial charge on any atom is -0.385 e. The number of nitrogens with one attached hydrogen (secondary N) is 1. The van der Waals surface area contributed by atoms with E-state index < -0.39 is 0 Å². The minimum atomic E-state index is 0.0422. The normalized spacial score (nSPS) is 22.7. The summed E-state index contributed by atoms with van der Waals surface area (Å²) in [6.45, 7) is 3.60. The number of anilines is 1. The van der Waals surface area contributed by atoms with Gasteiger partial charge in [-0.3, -0.25) is 4.79 Å². The lowest BCUT2D eigenvalue weighted by Crippen LogP contribution is -2.49. The van der Waals surface area contributed by atoms with Gasteiger partial charge in [-0.2, -0.15) is 0 Å². The van der Waals surface area contributed by atoms with E-state index in [1.165, 1.54) is 45.2 Å². The molecule has 0 saturated carbocycles. The predicted octanol–water partition coefficient (Wildman–Crippen LogP) is 5.26. The second-order valence-corrected chi connectivity index (χ2v) is 8.07. The van der Waals surface area contributed by atoms with Crippen molar-refractivity contribution in [1.29, 1.82) is 0 Å². The minimum absolute atomic E-state index is 0.0422. The van der Waals surface area contributed by atoms with Crippen LogP contribution in [0.3, 0.4) is 0 Å². The number of nitrogens with zero attached hydrogens (tertiary/aromatic N) is 1. The van der Waals surface area contributed by atoms with Crippen molar-refractivity contribution in [2.45, 2.75) is 38.1 Å². The SMILES string of the molecule is O=C(/C=C/c1ccccc1)c1ccc(NCC2CCCN3CCCCC23)cc1. The van der Waals surface area contributed by atoms with Crippen molar-refractivity contribution in [3.63, 3.8) is 0 Å². The van der Waals surface area contributed by atoms with Crippen LogP contribution in [0, 0.1) is 5.92 Å². The average molecular weight is 375 g/mol. The fourth-order valence-electron chi connectivity index (χ4n) is 4.65. The molecule has 2 aromatic carbocycles. The van der Waals surface area contributed by atoms with Crippen LogP contribution in [0.2, 0.25) is 0 Å². The van der Waals surface area contributed by atoms with Crippen molar-refractivity contribution in [2.75, 3.05) is 25.0 Å². The van der Waals surface area contributed by atoms with Gasteiger partial charge in [-0.25, -0.2) is 0 Å². The molecule has 2 unspecified atom stereocenters. The predicted molar refractivity (Wildman–Crippen MR) is 117 cm³/mol. The molecule has 0 amide bonds. The Bertz CT molecular complexity index is 795. The van der Waals surface area contributed by atoms with E-state index in [9.17, 15) is 4.79 Å².